The molecular formula is C33H49N3O3. The fraction of sp³-hybridized carbons (Fsp3) is 0.576. The molecule has 39 heavy (non-hydrogen) atoms. The van der Waals surface area contributed by atoms with E-state index >= 15 is 0 Å². The highest BCUT2D eigenvalue weighted by molar-refractivity contribution is 6.03. The Labute approximate surface area is 235 Å². The summed E-state index contributed by atoms with van der Waals surface area (Å²) >= 11 is 0. The van der Waals surface area contributed by atoms with E-state index in [0.29, 0.717) is 23.9 Å². The first-order valence-electron chi connectivity index (χ1n) is 14.9. The normalized spacial score (nSPS) is 17.6. The number of morpholine rings is 1. The summed E-state index contributed by atoms with van der Waals surface area (Å²) in [6, 6.07) is 10.5. The van der Waals surface area contributed by atoms with Crippen molar-refractivity contribution in [1.29, 1.82) is 0 Å². The van der Waals surface area contributed by atoms with Crippen molar-refractivity contribution in [2.45, 2.75) is 78.6 Å². The van der Waals surface area contributed by atoms with Gasteiger partial charge in [-0.05, 0) is 68.2 Å². The fourth-order valence-corrected chi connectivity index (χ4v) is 5.53. The summed E-state index contributed by atoms with van der Waals surface area (Å²) in [4.78, 5) is 20.3. The van der Waals surface area contributed by atoms with Crippen LogP contribution in [0.1, 0.15) is 94.5 Å². The molecule has 1 aromatic heterocycles. The van der Waals surface area contributed by atoms with Gasteiger partial charge in [-0.3, -0.25) is 4.79 Å². The molecule has 0 amide bonds. The number of ether oxygens (including phenoxy) is 1. The fourth-order valence-electron chi connectivity index (χ4n) is 5.53. The van der Waals surface area contributed by atoms with Crippen LogP contribution in [0, 0.1) is 11.8 Å². The number of carbonyl (C=O) groups excluding carboxylic acids is 1. The van der Waals surface area contributed by atoms with E-state index in [9.17, 15) is 4.79 Å². The number of nitrogen functional groups attached to an aromatic ring is 1. The van der Waals surface area contributed by atoms with Gasteiger partial charge in [0.25, 0.3) is 0 Å². The lowest BCUT2D eigenvalue weighted by molar-refractivity contribution is 0.0923. The summed E-state index contributed by atoms with van der Waals surface area (Å²) in [6.07, 6.45) is 12.1. The molecule has 0 spiro atoms. The largest absolute Gasteiger partial charge is 0.396 e. The van der Waals surface area contributed by atoms with E-state index in [2.05, 4.69) is 60.1 Å². The van der Waals surface area contributed by atoms with Crippen molar-refractivity contribution >= 4 is 17.3 Å². The van der Waals surface area contributed by atoms with E-state index in [1.807, 2.05) is 19.9 Å². The van der Waals surface area contributed by atoms with Crippen LogP contribution in [-0.2, 0) is 4.74 Å². The molecule has 0 radical (unpaired) electrons. The Morgan fingerprint density at radius 2 is 1.85 bits per heavy atom. The topological polar surface area (TPSA) is 88.7 Å². The molecule has 2 unspecified atom stereocenters. The first kappa shape index (κ1) is 30.8. The number of nitrogens with two attached hydrogens (primary N) is 1. The number of rotatable bonds is 10. The van der Waals surface area contributed by atoms with Crippen molar-refractivity contribution < 1.29 is 14.6 Å². The monoisotopic (exact) mass is 535 g/mol. The number of hydrogen-bond acceptors (Lipinski definition) is 6. The Hall–Kier alpha value is -2.70. The molecule has 3 N–H and O–H groups in total. The molecule has 1 saturated heterocycles. The molecule has 0 bridgehead atoms. The van der Waals surface area contributed by atoms with Crippen molar-refractivity contribution in [1.82, 2.24) is 4.98 Å². The van der Waals surface area contributed by atoms with Crippen LogP contribution in [-0.4, -0.2) is 48.8 Å². The zero-order chi connectivity index (χ0) is 28.2. The van der Waals surface area contributed by atoms with Crippen molar-refractivity contribution in [3.63, 3.8) is 0 Å². The number of carbonyl (C=O) groups is 1. The number of nitrogens with zero attached hydrogens (tertiary/aromatic N) is 2. The number of aliphatic hydroxyl groups excluding tert-OH is 1. The number of aliphatic hydroxyl groups is 1. The SMILES string of the molecule is C/C=C/CC(C)c1cc(-c2ccc(N3CCOCC3)cc2)nc(N)c1C(=O)C(C)CCC.OCC1CCCC1. The van der Waals surface area contributed by atoms with Gasteiger partial charge in [0.05, 0.1) is 24.5 Å². The summed E-state index contributed by atoms with van der Waals surface area (Å²) in [5, 5.41) is 8.57. The number of pyridine rings is 1. The van der Waals surface area contributed by atoms with Crippen LogP contribution in [0.15, 0.2) is 42.5 Å². The van der Waals surface area contributed by atoms with E-state index in [4.69, 9.17) is 15.6 Å². The molecule has 1 saturated carbocycles. The van der Waals surface area contributed by atoms with Crippen LogP contribution in [0.5, 0.6) is 0 Å². The maximum Gasteiger partial charge on any atom is 0.169 e. The summed E-state index contributed by atoms with van der Waals surface area (Å²) in [7, 11) is 0. The summed E-state index contributed by atoms with van der Waals surface area (Å²) in [6.45, 7) is 12.0. The van der Waals surface area contributed by atoms with Crippen molar-refractivity contribution in [2.75, 3.05) is 43.5 Å². The van der Waals surface area contributed by atoms with Crippen LogP contribution < -0.4 is 10.6 Å². The number of anilines is 2. The molecule has 6 nitrogen and oxygen atoms in total. The van der Waals surface area contributed by atoms with E-state index in [0.717, 1.165) is 62.4 Å². The minimum absolute atomic E-state index is 0.0598. The van der Waals surface area contributed by atoms with Gasteiger partial charge in [-0.2, -0.15) is 0 Å². The molecule has 4 rings (SSSR count). The maximum absolute atomic E-state index is 13.3. The molecule has 2 atom stereocenters. The zero-order valence-corrected chi connectivity index (χ0v) is 24.5. The minimum Gasteiger partial charge on any atom is -0.396 e. The molecule has 2 aliphatic rings. The van der Waals surface area contributed by atoms with Crippen molar-refractivity contribution in [3.8, 4) is 11.3 Å². The molecule has 2 heterocycles. The van der Waals surface area contributed by atoms with Crippen LogP contribution in [0.3, 0.4) is 0 Å². The third kappa shape index (κ3) is 8.64. The van der Waals surface area contributed by atoms with Gasteiger partial charge in [-0.25, -0.2) is 4.98 Å². The van der Waals surface area contributed by atoms with Gasteiger partial charge >= 0.3 is 0 Å². The minimum atomic E-state index is -0.0598. The van der Waals surface area contributed by atoms with Crippen LogP contribution in [0.4, 0.5) is 11.5 Å². The highest BCUT2D eigenvalue weighted by Gasteiger charge is 2.25. The maximum atomic E-state index is 13.3. The van der Waals surface area contributed by atoms with Crippen molar-refractivity contribution in [2.24, 2.45) is 11.8 Å². The predicted octanol–water partition coefficient (Wildman–Crippen LogP) is 7.02. The van der Waals surface area contributed by atoms with Gasteiger partial charge in [0.1, 0.15) is 5.82 Å². The van der Waals surface area contributed by atoms with Gasteiger partial charge < -0.3 is 20.5 Å². The van der Waals surface area contributed by atoms with Crippen LogP contribution in [0.2, 0.25) is 0 Å². The lowest BCUT2D eigenvalue weighted by Crippen LogP contribution is -2.36. The Bertz CT molecular complexity index is 1050. The molecule has 2 aromatic rings. The zero-order valence-electron chi connectivity index (χ0n) is 24.5. The Morgan fingerprint density at radius 3 is 2.41 bits per heavy atom. The van der Waals surface area contributed by atoms with Gasteiger partial charge in [0, 0.05) is 36.9 Å². The van der Waals surface area contributed by atoms with E-state index < -0.39 is 0 Å². The average Bonchev–Trinajstić information content (AvgIpc) is 3.50. The number of aromatic nitrogens is 1. The standard InChI is InChI=1S/C27H37N3O2.C6H12O/c1-5-7-9-19(3)23-18-24(29-27(28)25(23)26(31)20(4)8-6-2)21-10-12-22(13-11-21)30-14-16-32-17-15-30;7-5-6-3-1-2-4-6/h5,7,10-13,18-20H,6,8-9,14-17H2,1-4H3,(H2,28,29);6-7H,1-5H2/b7-5+;. The van der Waals surface area contributed by atoms with Gasteiger partial charge in [-0.15, -0.1) is 0 Å². The summed E-state index contributed by atoms with van der Waals surface area (Å²) < 4.78 is 5.46. The van der Waals surface area contributed by atoms with Crippen molar-refractivity contribution in [3.05, 3.63) is 53.6 Å². The average molecular weight is 536 g/mol. The highest BCUT2D eigenvalue weighted by atomic mass is 16.5. The number of ketones is 1. The van der Waals surface area contributed by atoms with E-state index in [1.165, 1.54) is 31.4 Å². The van der Waals surface area contributed by atoms with Gasteiger partial charge in [-0.1, -0.05) is 64.3 Å². The predicted molar refractivity (Wildman–Crippen MR) is 162 cm³/mol. The first-order valence-corrected chi connectivity index (χ1v) is 14.9. The Kier molecular flexibility index (Phi) is 12.5. The number of allylic oxidation sites excluding steroid dienone is 2. The second-order valence-corrected chi connectivity index (χ2v) is 11.1. The van der Waals surface area contributed by atoms with E-state index in [-0.39, 0.29) is 17.6 Å². The lowest BCUT2D eigenvalue weighted by Gasteiger charge is -2.29. The third-order valence-corrected chi connectivity index (χ3v) is 8.02. The number of Topliss-reactive ketones (excluding diaryl/α,β-unsaturated/α-hetero) is 1. The smallest absolute Gasteiger partial charge is 0.169 e. The molecule has 1 aliphatic carbocycles. The molecule has 214 valence electrons. The molecule has 2 fully saturated rings. The summed E-state index contributed by atoms with van der Waals surface area (Å²) in [5.41, 5.74) is 11.1. The number of hydrogen-bond donors (Lipinski definition) is 2. The first-order chi connectivity index (χ1) is 18.9. The van der Waals surface area contributed by atoms with Gasteiger partial charge in [0.2, 0.25) is 0 Å². The number of benzene rings is 1. The molecule has 1 aromatic carbocycles. The Morgan fingerprint density at radius 1 is 1.18 bits per heavy atom. The van der Waals surface area contributed by atoms with Crippen LogP contribution >= 0.6 is 0 Å². The highest BCUT2D eigenvalue weighted by Crippen LogP contribution is 2.34. The molecule has 1 aliphatic heterocycles. The third-order valence-electron chi connectivity index (χ3n) is 8.02. The second kappa shape index (κ2) is 15.8. The lowest BCUT2D eigenvalue weighted by atomic mass is 9.86. The summed E-state index contributed by atoms with van der Waals surface area (Å²) in [5.74, 6) is 1.22. The molecular weight excluding hydrogens is 486 g/mol. The Balaban J connectivity index is 0.000000520. The van der Waals surface area contributed by atoms with Crippen LogP contribution in [0.25, 0.3) is 11.3 Å². The second-order valence-electron chi connectivity index (χ2n) is 11.1. The van der Waals surface area contributed by atoms with E-state index in [1.54, 1.807) is 0 Å². The van der Waals surface area contributed by atoms with Gasteiger partial charge in [0.15, 0.2) is 5.78 Å². The quantitative estimate of drug-likeness (QED) is 0.251. The molecule has 6 heteroatoms.